The number of amides is 2. The first-order valence-electron chi connectivity index (χ1n) is 7.09. The van der Waals surface area contributed by atoms with Gasteiger partial charge in [-0.3, -0.25) is 25.1 Å². The third kappa shape index (κ3) is 3.66. The van der Waals surface area contributed by atoms with Gasteiger partial charge in [-0.15, -0.1) is 0 Å². The van der Waals surface area contributed by atoms with Crippen LogP contribution in [-0.4, -0.2) is 42.3 Å². The number of carbonyl (C=O) groups is 2. The Morgan fingerprint density at radius 3 is 2.52 bits per heavy atom. The number of hydrogen-bond donors (Lipinski definition) is 2. The number of likely N-dealkylation sites (N-methyl/N-ethyl adjacent to an activating group) is 1. The molecule has 0 bridgehead atoms. The molecule has 2 amide bonds. The van der Waals surface area contributed by atoms with E-state index in [1.54, 1.807) is 0 Å². The van der Waals surface area contributed by atoms with Crippen LogP contribution in [0.4, 0.5) is 0 Å². The van der Waals surface area contributed by atoms with Gasteiger partial charge in [0, 0.05) is 0 Å². The maximum absolute atomic E-state index is 12.6. The van der Waals surface area contributed by atoms with Gasteiger partial charge in [-0.2, -0.15) is 0 Å². The van der Waals surface area contributed by atoms with Crippen LogP contribution in [0.1, 0.15) is 25.5 Å². The fourth-order valence-corrected chi connectivity index (χ4v) is 2.37. The molecule has 1 heterocycles. The van der Waals surface area contributed by atoms with E-state index in [1.165, 1.54) is 0 Å². The van der Waals surface area contributed by atoms with Crippen molar-refractivity contribution in [3.05, 3.63) is 35.9 Å². The van der Waals surface area contributed by atoms with E-state index < -0.39 is 6.04 Å². The van der Waals surface area contributed by atoms with Crippen LogP contribution in [0.5, 0.6) is 0 Å². The zero-order valence-electron chi connectivity index (χ0n) is 12.3. The highest BCUT2D eigenvalue weighted by molar-refractivity contribution is 6.09. The van der Waals surface area contributed by atoms with Gasteiger partial charge in [0.15, 0.2) is 0 Å². The molecule has 0 fully saturated rings. The number of guanidine groups is 1. The highest BCUT2D eigenvalue weighted by atomic mass is 16.2. The number of rotatable bonds is 5. The number of hydrogen-bond acceptors (Lipinski definition) is 4. The fourth-order valence-electron chi connectivity index (χ4n) is 2.37. The average molecular weight is 288 g/mol. The summed E-state index contributed by atoms with van der Waals surface area (Å²) in [7, 11) is 0. The van der Waals surface area contributed by atoms with Crippen LogP contribution in [0.2, 0.25) is 0 Å². The first kappa shape index (κ1) is 15.2. The van der Waals surface area contributed by atoms with Gasteiger partial charge >= 0.3 is 0 Å². The molecule has 1 aliphatic heterocycles. The predicted molar refractivity (Wildman–Crippen MR) is 80.7 cm³/mol. The summed E-state index contributed by atoms with van der Waals surface area (Å²) in [4.78, 5) is 29.7. The Morgan fingerprint density at radius 1 is 1.33 bits per heavy atom. The first-order valence-corrected chi connectivity index (χ1v) is 7.09. The van der Waals surface area contributed by atoms with Crippen molar-refractivity contribution in [3.8, 4) is 0 Å². The largest absolute Gasteiger partial charge is 0.295 e. The number of nitrogens with zero attached hydrogens (tertiary/aromatic N) is 2. The van der Waals surface area contributed by atoms with Crippen LogP contribution in [0, 0.1) is 0 Å². The molecule has 112 valence electrons. The molecule has 1 aliphatic rings. The molecule has 0 aliphatic carbocycles. The third-order valence-corrected chi connectivity index (χ3v) is 3.42. The van der Waals surface area contributed by atoms with E-state index >= 15 is 0 Å². The van der Waals surface area contributed by atoms with Crippen molar-refractivity contribution in [3.63, 3.8) is 0 Å². The van der Waals surface area contributed by atoms with Crippen molar-refractivity contribution in [1.29, 1.82) is 0 Å². The fraction of sp³-hybridized carbons (Fsp3) is 0.400. The molecule has 1 atom stereocenters. The van der Waals surface area contributed by atoms with Crippen molar-refractivity contribution in [2.45, 2.75) is 19.9 Å². The van der Waals surface area contributed by atoms with Gasteiger partial charge in [0.1, 0.15) is 12.6 Å². The number of carbonyl (C=O) groups excluding carboxylic acids is 2. The van der Waals surface area contributed by atoms with E-state index in [4.69, 9.17) is 0 Å². The molecule has 2 rings (SSSR count). The average Bonchev–Trinajstić information content (AvgIpc) is 2.90. The monoisotopic (exact) mass is 288 g/mol. The molecule has 0 saturated heterocycles. The van der Waals surface area contributed by atoms with Gasteiger partial charge in [-0.25, -0.2) is 4.99 Å². The van der Waals surface area contributed by atoms with E-state index in [-0.39, 0.29) is 24.3 Å². The van der Waals surface area contributed by atoms with Gasteiger partial charge in [0.05, 0.1) is 0 Å². The molecule has 1 aromatic rings. The zero-order chi connectivity index (χ0) is 15.2. The molecular formula is C15H20N4O2. The molecule has 2 N–H and O–H groups in total. The minimum atomic E-state index is -0.401. The second-order valence-corrected chi connectivity index (χ2v) is 4.74. The van der Waals surface area contributed by atoms with Crippen LogP contribution < -0.4 is 10.6 Å². The topological polar surface area (TPSA) is 73.8 Å². The van der Waals surface area contributed by atoms with E-state index in [0.717, 1.165) is 18.7 Å². The molecule has 0 spiro atoms. The summed E-state index contributed by atoms with van der Waals surface area (Å²) in [5, 5.41) is 5.22. The molecule has 0 aromatic heterocycles. The van der Waals surface area contributed by atoms with Gasteiger partial charge in [-0.05, 0) is 18.7 Å². The van der Waals surface area contributed by atoms with Crippen LogP contribution >= 0.6 is 0 Å². The standard InChI is InChI=1S/C15H20N4O2/c1-3-19(4-2)13(11-8-6-5-7-9-11)14(21)18-15-16-10-12(20)17-15/h5-9,13H,3-4,10H2,1-2H3,(H2,16,17,18,20,21). The summed E-state index contributed by atoms with van der Waals surface area (Å²) in [5.74, 6) is -0.159. The third-order valence-electron chi connectivity index (χ3n) is 3.42. The van der Waals surface area contributed by atoms with Gasteiger partial charge in [-0.1, -0.05) is 44.2 Å². The first-order chi connectivity index (χ1) is 10.2. The summed E-state index contributed by atoms with van der Waals surface area (Å²) in [6, 6.07) is 9.19. The van der Waals surface area contributed by atoms with E-state index in [9.17, 15) is 9.59 Å². The lowest BCUT2D eigenvalue weighted by molar-refractivity contribution is -0.125. The molecule has 6 nitrogen and oxygen atoms in total. The predicted octanol–water partition coefficient (Wildman–Crippen LogP) is 0.672. The molecule has 1 aromatic carbocycles. The quantitative estimate of drug-likeness (QED) is 0.836. The minimum Gasteiger partial charge on any atom is -0.295 e. The molecule has 1 unspecified atom stereocenters. The minimum absolute atomic E-state index is 0.0664. The van der Waals surface area contributed by atoms with Gasteiger partial charge in [0.2, 0.25) is 17.8 Å². The second kappa shape index (κ2) is 6.99. The molecule has 21 heavy (non-hydrogen) atoms. The summed E-state index contributed by atoms with van der Waals surface area (Å²) in [5.41, 5.74) is 0.920. The van der Waals surface area contributed by atoms with E-state index in [0.29, 0.717) is 0 Å². The lowest BCUT2D eigenvalue weighted by atomic mass is 10.0. The van der Waals surface area contributed by atoms with Crippen molar-refractivity contribution in [2.24, 2.45) is 4.99 Å². The highest BCUT2D eigenvalue weighted by Crippen LogP contribution is 2.20. The smallest absolute Gasteiger partial charge is 0.248 e. The van der Waals surface area contributed by atoms with Crippen LogP contribution in [0.25, 0.3) is 0 Å². The Morgan fingerprint density at radius 2 is 2.00 bits per heavy atom. The summed E-state index contributed by atoms with van der Waals surface area (Å²) >= 11 is 0. The normalized spacial score (nSPS) is 15.6. The Bertz CT molecular complexity index is 538. The Kier molecular flexibility index (Phi) is 5.05. The van der Waals surface area contributed by atoms with Gasteiger partial charge < -0.3 is 0 Å². The van der Waals surface area contributed by atoms with Crippen molar-refractivity contribution in [1.82, 2.24) is 15.5 Å². The van der Waals surface area contributed by atoms with Crippen LogP contribution in [0.3, 0.4) is 0 Å². The Labute approximate surface area is 124 Å². The lowest BCUT2D eigenvalue weighted by Gasteiger charge is -2.28. The zero-order valence-corrected chi connectivity index (χ0v) is 12.3. The maximum Gasteiger partial charge on any atom is 0.248 e. The van der Waals surface area contributed by atoms with Crippen molar-refractivity contribution < 1.29 is 9.59 Å². The summed E-state index contributed by atoms with van der Waals surface area (Å²) in [6.45, 7) is 5.60. The number of benzene rings is 1. The van der Waals surface area contributed by atoms with Crippen molar-refractivity contribution >= 4 is 17.8 Å². The van der Waals surface area contributed by atoms with E-state index in [2.05, 4.69) is 20.5 Å². The molecule has 0 saturated carbocycles. The Balaban J connectivity index is 2.19. The molecule has 0 radical (unpaired) electrons. The number of aliphatic imine (C=N–C) groups is 1. The second-order valence-electron chi connectivity index (χ2n) is 4.74. The van der Waals surface area contributed by atoms with Gasteiger partial charge in [0.25, 0.3) is 0 Å². The Hall–Kier alpha value is -2.21. The molecule has 6 heteroatoms. The summed E-state index contributed by atoms with van der Waals surface area (Å²) in [6.07, 6.45) is 0. The number of nitrogens with one attached hydrogen (secondary N) is 2. The molecular weight excluding hydrogens is 268 g/mol. The van der Waals surface area contributed by atoms with Crippen molar-refractivity contribution in [2.75, 3.05) is 19.6 Å². The van der Waals surface area contributed by atoms with Crippen LogP contribution in [-0.2, 0) is 9.59 Å². The van der Waals surface area contributed by atoms with E-state index in [1.807, 2.05) is 44.2 Å². The summed E-state index contributed by atoms with van der Waals surface area (Å²) < 4.78 is 0. The highest BCUT2D eigenvalue weighted by Gasteiger charge is 2.27. The van der Waals surface area contributed by atoms with Crippen LogP contribution in [0.15, 0.2) is 35.3 Å². The SMILES string of the molecule is CCN(CC)C(C(=O)NC1=NCC(=O)N1)c1ccccc1. The maximum atomic E-state index is 12.6. The lowest BCUT2D eigenvalue weighted by Crippen LogP contribution is -2.46.